The van der Waals surface area contributed by atoms with Crippen molar-refractivity contribution in [1.29, 1.82) is 0 Å². The van der Waals surface area contributed by atoms with Gasteiger partial charge in [-0.1, -0.05) is 0 Å². The molecule has 0 spiro atoms. The summed E-state index contributed by atoms with van der Waals surface area (Å²) in [6.07, 6.45) is 0.649. The number of methoxy groups -OCH3 is 1. The molecule has 2 heterocycles. The highest BCUT2D eigenvalue weighted by molar-refractivity contribution is 7.91. The smallest absolute Gasteiger partial charge is 0.348 e. The minimum absolute atomic E-state index is 0.0586. The zero-order chi connectivity index (χ0) is 11.8. The van der Waals surface area contributed by atoms with Crippen LogP contribution in [0.4, 0.5) is 0 Å². The zero-order valence-corrected chi connectivity index (χ0v) is 9.63. The van der Waals surface area contributed by atoms with Crippen molar-refractivity contribution in [3.8, 4) is 5.88 Å². The zero-order valence-electron chi connectivity index (χ0n) is 8.82. The Labute approximate surface area is 92.6 Å². The Kier molecular flexibility index (Phi) is 2.71. The minimum atomic E-state index is -3.03. The fourth-order valence-corrected chi connectivity index (χ4v) is 3.01. The van der Waals surface area contributed by atoms with E-state index in [1.54, 1.807) is 0 Å². The number of fused-ring (bicyclic) bond motifs is 1. The highest BCUT2D eigenvalue weighted by Crippen LogP contribution is 2.21. The van der Waals surface area contributed by atoms with Crippen LogP contribution in [0.25, 0.3) is 0 Å². The van der Waals surface area contributed by atoms with Crippen molar-refractivity contribution in [1.82, 2.24) is 9.97 Å². The summed E-state index contributed by atoms with van der Waals surface area (Å²) in [7, 11) is -1.61. The lowest BCUT2D eigenvalue weighted by Gasteiger charge is -2.07. The first-order valence-corrected chi connectivity index (χ1v) is 6.70. The number of hydrogen-bond donors (Lipinski definition) is 1. The Hall–Kier alpha value is -1.37. The van der Waals surface area contributed by atoms with E-state index in [0.717, 1.165) is 0 Å². The van der Waals surface area contributed by atoms with Gasteiger partial charge in [0, 0.05) is 17.7 Å². The Morgan fingerprint density at radius 1 is 1.31 bits per heavy atom. The molecule has 1 aliphatic heterocycles. The second-order valence-corrected chi connectivity index (χ2v) is 5.96. The van der Waals surface area contributed by atoms with Gasteiger partial charge in [-0.2, -0.15) is 4.98 Å². The number of nitrogens with one attached hydrogen (secondary N) is 1. The number of aryl methyl sites for hydroxylation is 1. The van der Waals surface area contributed by atoms with Crippen LogP contribution in [-0.4, -0.2) is 37.0 Å². The molecule has 0 saturated carbocycles. The molecule has 0 aliphatic carbocycles. The first-order chi connectivity index (χ1) is 7.52. The predicted molar refractivity (Wildman–Crippen MR) is 57.5 cm³/mol. The molecule has 1 aliphatic rings. The Bertz CT molecular complexity index is 561. The van der Waals surface area contributed by atoms with Crippen LogP contribution in [0.2, 0.25) is 0 Å². The van der Waals surface area contributed by atoms with Crippen molar-refractivity contribution in [2.24, 2.45) is 0 Å². The highest BCUT2D eigenvalue weighted by atomic mass is 32.2. The molecule has 0 unspecified atom stereocenters. The normalized spacial score (nSPS) is 18.6. The summed E-state index contributed by atoms with van der Waals surface area (Å²) in [5.74, 6) is 0.364. The summed E-state index contributed by atoms with van der Waals surface area (Å²) in [5.41, 5.74) is 0.816. The molecule has 2 rings (SSSR count). The Morgan fingerprint density at radius 2 is 2.00 bits per heavy atom. The molecule has 0 saturated heterocycles. The van der Waals surface area contributed by atoms with Gasteiger partial charge in [-0.05, 0) is 6.42 Å². The van der Waals surface area contributed by atoms with E-state index in [4.69, 9.17) is 4.74 Å². The third-order valence-corrected chi connectivity index (χ3v) is 4.26. The van der Waals surface area contributed by atoms with E-state index in [0.29, 0.717) is 24.1 Å². The summed E-state index contributed by atoms with van der Waals surface area (Å²) < 4.78 is 27.9. The van der Waals surface area contributed by atoms with E-state index in [1.807, 2.05) is 0 Å². The molecule has 16 heavy (non-hydrogen) atoms. The van der Waals surface area contributed by atoms with Crippen LogP contribution in [0, 0.1) is 0 Å². The molecular formula is C9H12N2O4S. The number of rotatable bonds is 1. The molecule has 1 aromatic rings. The predicted octanol–water partition coefficient (Wildman–Crippen LogP) is -0.708. The average molecular weight is 244 g/mol. The molecule has 0 bridgehead atoms. The summed E-state index contributed by atoms with van der Waals surface area (Å²) in [4.78, 5) is 17.4. The lowest BCUT2D eigenvalue weighted by molar-refractivity contribution is 0.389. The Balaban J connectivity index is 2.53. The van der Waals surface area contributed by atoms with Gasteiger partial charge >= 0.3 is 5.69 Å². The van der Waals surface area contributed by atoms with E-state index in [9.17, 15) is 13.2 Å². The molecule has 0 amide bonds. The highest BCUT2D eigenvalue weighted by Gasteiger charge is 2.22. The first kappa shape index (κ1) is 11.1. The van der Waals surface area contributed by atoms with Crippen molar-refractivity contribution in [3.05, 3.63) is 21.7 Å². The van der Waals surface area contributed by atoms with E-state index in [1.165, 1.54) is 7.11 Å². The molecule has 7 heteroatoms. The van der Waals surface area contributed by atoms with Gasteiger partial charge in [-0.25, -0.2) is 13.2 Å². The molecule has 88 valence electrons. The van der Waals surface area contributed by atoms with Gasteiger partial charge in [0.15, 0.2) is 9.84 Å². The molecule has 0 atom stereocenters. The fraction of sp³-hybridized carbons (Fsp3) is 0.556. The standard InChI is InChI=1S/C9H12N2O4S/c1-15-8-6-2-4-16(13,14)5-3-7(6)10-9(12)11-8/h2-5H2,1H3,(H,10,11,12). The number of aromatic nitrogens is 2. The van der Waals surface area contributed by atoms with Crippen molar-refractivity contribution in [2.75, 3.05) is 18.6 Å². The maximum absolute atomic E-state index is 11.5. The van der Waals surface area contributed by atoms with E-state index < -0.39 is 15.5 Å². The molecule has 0 radical (unpaired) electrons. The number of ether oxygens (including phenoxy) is 1. The molecule has 1 N–H and O–H groups in total. The van der Waals surface area contributed by atoms with Gasteiger partial charge < -0.3 is 9.72 Å². The van der Waals surface area contributed by atoms with Crippen molar-refractivity contribution in [3.63, 3.8) is 0 Å². The van der Waals surface area contributed by atoms with Crippen LogP contribution >= 0.6 is 0 Å². The molecule has 1 aromatic heterocycles. The van der Waals surface area contributed by atoms with Crippen molar-refractivity contribution < 1.29 is 13.2 Å². The van der Waals surface area contributed by atoms with Crippen molar-refractivity contribution in [2.45, 2.75) is 12.8 Å². The van der Waals surface area contributed by atoms with Crippen LogP contribution < -0.4 is 10.4 Å². The summed E-state index contributed by atoms with van der Waals surface area (Å²) >= 11 is 0. The number of aromatic amines is 1. The van der Waals surface area contributed by atoms with Gasteiger partial charge in [-0.3, -0.25) is 0 Å². The van der Waals surface area contributed by atoms with Crippen molar-refractivity contribution >= 4 is 9.84 Å². The van der Waals surface area contributed by atoms with E-state index in [-0.39, 0.29) is 17.4 Å². The lowest BCUT2D eigenvalue weighted by Crippen LogP contribution is -2.17. The van der Waals surface area contributed by atoms with Crippen LogP contribution in [-0.2, 0) is 22.7 Å². The summed E-state index contributed by atoms with van der Waals surface area (Å²) in [5, 5.41) is 0. The van der Waals surface area contributed by atoms with Gasteiger partial charge in [-0.15, -0.1) is 0 Å². The quantitative estimate of drug-likeness (QED) is 0.705. The van der Waals surface area contributed by atoms with Gasteiger partial charge in [0.2, 0.25) is 5.88 Å². The topological polar surface area (TPSA) is 89.1 Å². The van der Waals surface area contributed by atoms with Crippen LogP contribution in [0.3, 0.4) is 0 Å². The SMILES string of the molecule is COc1nc(=O)[nH]c2c1CCS(=O)(=O)CC2. The van der Waals surface area contributed by atoms with E-state index >= 15 is 0 Å². The summed E-state index contributed by atoms with van der Waals surface area (Å²) in [6, 6.07) is 0. The van der Waals surface area contributed by atoms with Crippen LogP contribution in [0.15, 0.2) is 4.79 Å². The number of hydrogen-bond acceptors (Lipinski definition) is 5. The molecule has 0 fully saturated rings. The minimum Gasteiger partial charge on any atom is -0.481 e. The number of H-pyrrole nitrogens is 1. The fourth-order valence-electron chi connectivity index (χ4n) is 1.78. The second kappa shape index (κ2) is 3.89. The lowest BCUT2D eigenvalue weighted by atomic mass is 10.1. The Morgan fingerprint density at radius 3 is 2.69 bits per heavy atom. The van der Waals surface area contributed by atoms with Gasteiger partial charge in [0.25, 0.3) is 0 Å². The largest absolute Gasteiger partial charge is 0.481 e. The summed E-state index contributed by atoms with van der Waals surface area (Å²) in [6.45, 7) is 0. The molecule has 0 aromatic carbocycles. The van der Waals surface area contributed by atoms with E-state index in [2.05, 4.69) is 9.97 Å². The second-order valence-electron chi connectivity index (χ2n) is 3.66. The van der Waals surface area contributed by atoms with Crippen LogP contribution in [0.5, 0.6) is 5.88 Å². The van der Waals surface area contributed by atoms with Crippen LogP contribution in [0.1, 0.15) is 11.3 Å². The monoisotopic (exact) mass is 244 g/mol. The first-order valence-electron chi connectivity index (χ1n) is 4.88. The molecular weight excluding hydrogens is 232 g/mol. The van der Waals surface area contributed by atoms with Gasteiger partial charge in [0.05, 0.1) is 18.6 Å². The average Bonchev–Trinajstić information content (AvgIpc) is 2.37. The maximum atomic E-state index is 11.5. The molecule has 6 nitrogen and oxygen atoms in total. The third kappa shape index (κ3) is 2.08. The maximum Gasteiger partial charge on any atom is 0.348 e. The third-order valence-electron chi connectivity index (χ3n) is 2.60. The number of sulfone groups is 1. The van der Waals surface area contributed by atoms with Gasteiger partial charge in [0.1, 0.15) is 0 Å². The number of nitrogens with zero attached hydrogens (tertiary/aromatic N) is 1.